The number of benzene rings is 2. The van der Waals surface area contributed by atoms with Crippen molar-refractivity contribution in [2.24, 2.45) is 0 Å². The summed E-state index contributed by atoms with van der Waals surface area (Å²) in [7, 11) is 0. The molecule has 4 rings (SSSR count). The second-order valence-electron chi connectivity index (χ2n) is 11.0. The Kier molecular flexibility index (Phi) is 23.2. The van der Waals surface area contributed by atoms with Crippen molar-refractivity contribution in [1.82, 2.24) is 15.5 Å². The molecule has 0 bridgehead atoms. The van der Waals surface area contributed by atoms with E-state index in [1.54, 1.807) is 0 Å². The van der Waals surface area contributed by atoms with Gasteiger partial charge in [0.15, 0.2) is 0 Å². The lowest BCUT2D eigenvalue weighted by Gasteiger charge is -2.27. The number of hydrogen-bond acceptors (Lipinski definition) is 5. The Morgan fingerprint density at radius 3 is 2.17 bits per heavy atom. The molecule has 1 heterocycles. The molecule has 0 atom stereocenters. The maximum Gasteiger partial charge on any atom is 0.251 e. The fourth-order valence-corrected chi connectivity index (χ4v) is 5.62. The maximum absolute atomic E-state index is 12.9. The van der Waals surface area contributed by atoms with Crippen LogP contribution in [0.25, 0.3) is 0 Å². The molecule has 1 saturated carbocycles. The molecule has 4 N–H and O–H groups in total. The minimum absolute atomic E-state index is 0. The van der Waals surface area contributed by atoms with E-state index in [0.717, 1.165) is 49.5 Å². The largest absolute Gasteiger partial charge is 0.381 e. The van der Waals surface area contributed by atoms with Crippen molar-refractivity contribution < 1.29 is 4.79 Å². The molecule has 10 heteroatoms. The third-order valence-corrected chi connectivity index (χ3v) is 7.97. The van der Waals surface area contributed by atoms with Crippen molar-refractivity contribution in [3.8, 4) is 0 Å². The molecule has 1 aliphatic heterocycles. The third kappa shape index (κ3) is 14.9. The molecule has 0 aromatic heterocycles. The van der Waals surface area contributed by atoms with E-state index in [4.69, 9.17) is 0 Å². The van der Waals surface area contributed by atoms with Crippen molar-refractivity contribution in [3.05, 3.63) is 59.7 Å². The van der Waals surface area contributed by atoms with Gasteiger partial charge >= 0.3 is 0 Å². The zero-order valence-electron chi connectivity index (χ0n) is 24.9. The lowest BCUT2D eigenvalue weighted by atomic mass is 9.95. The van der Waals surface area contributed by atoms with Crippen LogP contribution in [-0.2, 0) is 6.54 Å². The van der Waals surface area contributed by atoms with Crippen LogP contribution < -0.4 is 21.3 Å². The summed E-state index contributed by atoms with van der Waals surface area (Å²) in [4.78, 5) is 15.5. The average molecular weight is 666 g/mol. The Hall–Kier alpha value is -1.41. The summed E-state index contributed by atoms with van der Waals surface area (Å²) in [5.74, 6) is 0.0213. The van der Waals surface area contributed by atoms with Gasteiger partial charge in [-0.25, -0.2) is 0 Å². The van der Waals surface area contributed by atoms with E-state index in [1.165, 1.54) is 89.4 Å². The van der Waals surface area contributed by atoms with Crippen LogP contribution in [0.5, 0.6) is 0 Å². The van der Waals surface area contributed by atoms with Crippen LogP contribution in [0.2, 0.25) is 0 Å². The average Bonchev–Trinajstić information content (AvgIpc) is 2.97. The highest BCUT2D eigenvalue weighted by Gasteiger charge is 2.16. The number of unbranched alkanes of at least 4 members (excludes halogenated alkanes) is 5. The molecule has 0 radical (unpaired) electrons. The molecular weight excluding hydrogens is 612 g/mol. The van der Waals surface area contributed by atoms with Crippen LogP contribution >= 0.6 is 49.6 Å². The van der Waals surface area contributed by atoms with Crippen molar-refractivity contribution in [3.63, 3.8) is 0 Å². The summed E-state index contributed by atoms with van der Waals surface area (Å²) in [6.45, 7) is 7.40. The molecule has 6 nitrogen and oxygen atoms in total. The molecule has 2 aromatic rings. The number of carbonyl (C=O) groups excluding carboxylic acids is 1. The number of nitrogens with zero attached hydrogens (tertiary/aromatic N) is 1. The van der Waals surface area contributed by atoms with Gasteiger partial charge < -0.3 is 26.2 Å². The molecule has 0 unspecified atom stereocenters. The van der Waals surface area contributed by atoms with Crippen molar-refractivity contribution >= 4 is 66.9 Å². The van der Waals surface area contributed by atoms with Gasteiger partial charge in [-0.15, -0.1) is 49.6 Å². The van der Waals surface area contributed by atoms with Gasteiger partial charge in [0.25, 0.3) is 5.91 Å². The number of piperazine rings is 1. The normalized spacial score (nSPS) is 15.1. The summed E-state index contributed by atoms with van der Waals surface area (Å²) in [6.07, 6.45) is 13.8. The van der Waals surface area contributed by atoms with Crippen molar-refractivity contribution in [2.45, 2.75) is 83.2 Å². The molecule has 1 aliphatic carbocycles. The van der Waals surface area contributed by atoms with Crippen LogP contribution in [0.1, 0.15) is 86.6 Å². The minimum Gasteiger partial charge on any atom is -0.381 e. The number of hydrogen-bond donors (Lipinski definition) is 4. The number of amides is 1. The highest BCUT2D eigenvalue weighted by atomic mass is 35.5. The highest BCUT2D eigenvalue weighted by Crippen LogP contribution is 2.28. The lowest BCUT2D eigenvalue weighted by Crippen LogP contribution is -2.43. The fraction of sp³-hybridized carbons (Fsp3) is 0.594. The van der Waals surface area contributed by atoms with Gasteiger partial charge in [-0.3, -0.25) is 4.79 Å². The summed E-state index contributed by atoms with van der Waals surface area (Å²) in [5.41, 5.74) is 4.06. The van der Waals surface area contributed by atoms with Gasteiger partial charge in [0.05, 0.1) is 11.4 Å². The number of carbonyl (C=O) groups is 1. The van der Waals surface area contributed by atoms with Crippen LogP contribution in [-0.4, -0.2) is 56.1 Å². The molecule has 2 aromatic carbocycles. The van der Waals surface area contributed by atoms with E-state index in [0.29, 0.717) is 6.04 Å². The summed E-state index contributed by atoms with van der Waals surface area (Å²) in [5, 5.41) is 13.9. The predicted molar refractivity (Wildman–Crippen MR) is 189 cm³/mol. The topological polar surface area (TPSA) is 68.4 Å². The van der Waals surface area contributed by atoms with E-state index >= 15 is 0 Å². The molecule has 240 valence electrons. The zero-order chi connectivity index (χ0) is 26.3. The summed E-state index contributed by atoms with van der Waals surface area (Å²) < 4.78 is 0. The third-order valence-electron chi connectivity index (χ3n) is 7.97. The predicted octanol–water partition coefficient (Wildman–Crippen LogP) is 7.71. The van der Waals surface area contributed by atoms with Gasteiger partial charge in [0.1, 0.15) is 0 Å². The van der Waals surface area contributed by atoms with E-state index < -0.39 is 0 Å². The second-order valence-corrected chi connectivity index (χ2v) is 11.0. The van der Waals surface area contributed by atoms with Crippen molar-refractivity contribution in [1.29, 1.82) is 0 Å². The molecule has 2 fully saturated rings. The summed E-state index contributed by atoms with van der Waals surface area (Å²) in [6, 6.07) is 17.0. The van der Waals surface area contributed by atoms with Gasteiger partial charge in [-0.05, 0) is 56.0 Å². The van der Waals surface area contributed by atoms with Crippen molar-refractivity contribution in [2.75, 3.05) is 49.9 Å². The van der Waals surface area contributed by atoms with Gasteiger partial charge in [0.2, 0.25) is 0 Å². The van der Waals surface area contributed by atoms with E-state index in [-0.39, 0.29) is 55.5 Å². The zero-order valence-corrected chi connectivity index (χ0v) is 28.2. The first-order chi connectivity index (χ1) is 18.8. The molecule has 2 aliphatic rings. The SMILES string of the molecule is Cl.Cl.Cl.Cl.O=C(NCCCCCCCCN1CCNCC1)c1ccc(NC2CCCCC2)c(NCc2ccccc2)c1. The Labute approximate surface area is 279 Å². The van der Waals surface area contributed by atoms with Gasteiger partial charge in [0, 0.05) is 50.9 Å². The van der Waals surface area contributed by atoms with Crippen LogP contribution in [0.15, 0.2) is 48.5 Å². The van der Waals surface area contributed by atoms with E-state index in [1.807, 2.05) is 18.2 Å². The highest BCUT2D eigenvalue weighted by molar-refractivity contribution is 5.96. The lowest BCUT2D eigenvalue weighted by molar-refractivity contribution is 0.0953. The first-order valence-corrected chi connectivity index (χ1v) is 15.2. The molecule has 1 saturated heterocycles. The maximum atomic E-state index is 12.9. The Balaban J connectivity index is 0.00000420. The Bertz CT molecular complexity index is 957. The number of anilines is 2. The van der Waals surface area contributed by atoms with Crippen LogP contribution in [0.3, 0.4) is 0 Å². The molecule has 42 heavy (non-hydrogen) atoms. The number of rotatable bonds is 15. The first kappa shape index (κ1) is 40.6. The Morgan fingerprint density at radius 2 is 1.45 bits per heavy atom. The van der Waals surface area contributed by atoms with E-state index in [9.17, 15) is 4.79 Å². The summed E-state index contributed by atoms with van der Waals surface area (Å²) >= 11 is 0. The van der Waals surface area contributed by atoms with Crippen LogP contribution in [0, 0.1) is 0 Å². The standard InChI is InChI=1S/C32H49N5O.4ClH/c38-32(34-19-11-3-1-2-4-12-22-37-23-20-33-21-24-37)28-17-18-30(36-29-15-9-6-10-16-29)31(25-28)35-26-27-13-7-5-8-14-27;;;;/h5,7-8,13-14,17-18,25,29,33,35-36H,1-4,6,9-12,15-16,19-24,26H2,(H,34,38);4*1H. The minimum atomic E-state index is 0. The first-order valence-electron chi connectivity index (χ1n) is 15.2. The second kappa shape index (κ2) is 24.0. The molecule has 1 amide bonds. The fourth-order valence-electron chi connectivity index (χ4n) is 5.62. The van der Waals surface area contributed by atoms with Gasteiger partial charge in [-0.2, -0.15) is 0 Å². The number of nitrogens with one attached hydrogen (secondary N) is 4. The smallest absolute Gasteiger partial charge is 0.251 e. The molecular formula is C32H53Cl4N5O. The quantitative estimate of drug-likeness (QED) is 0.147. The number of halogens is 4. The monoisotopic (exact) mass is 663 g/mol. The Morgan fingerprint density at radius 1 is 0.786 bits per heavy atom. The van der Waals surface area contributed by atoms with Crippen LogP contribution in [0.4, 0.5) is 11.4 Å². The molecule has 0 spiro atoms. The van der Waals surface area contributed by atoms with Gasteiger partial charge in [-0.1, -0.05) is 75.3 Å². The van der Waals surface area contributed by atoms with E-state index in [2.05, 4.69) is 56.5 Å².